The maximum atomic E-state index is 11.3. The van der Waals surface area contributed by atoms with Gasteiger partial charge in [-0.1, -0.05) is 66.2 Å². The van der Waals surface area contributed by atoms with E-state index in [1.807, 2.05) is 36.4 Å². The second-order valence-electron chi connectivity index (χ2n) is 7.16. The largest absolute Gasteiger partial charge is 0.748 e. The fourth-order valence-corrected chi connectivity index (χ4v) is 5.70. The highest BCUT2D eigenvalue weighted by Gasteiger charge is 2.45. The molecule has 2 aromatic rings. The van der Waals surface area contributed by atoms with Gasteiger partial charge in [0, 0.05) is 5.75 Å². The van der Waals surface area contributed by atoms with Crippen molar-refractivity contribution in [2.45, 2.75) is 19.3 Å². The first-order chi connectivity index (χ1) is 12.0. The van der Waals surface area contributed by atoms with E-state index in [2.05, 4.69) is 24.3 Å². The zero-order valence-electron chi connectivity index (χ0n) is 14.0. The van der Waals surface area contributed by atoms with Gasteiger partial charge in [0.1, 0.15) is 0 Å². The Hall–Kier alpha value is -1.91. The minimum absolute atomic E-state index is 0.0290. The van der Waals surface area contributed by atoms with Crippen LogP contribution in [0.4, 0.5) is 0 Å². The maximum Gasteiger partial charge on any atom is 0.0948 e. The Morgan fingerprint density at radius 2 is 1.48 bits per heavy atom. The first-order valence-corrected chi connectivity index (χ1v) is 10.4. The van der Waals surface area contributed by atoms with E-state index in [4.69, 9.17) is 0 Å². The van der Waals surface area contributed by atoms with Crippen molar-refractivity contribution in [2.75, 3.05) is 5.75 Å². The van der Waals surface area contributed by atoms with Crippen LogP contribution in [0.1, 0.15) is 30.4 Å². The second kappa shape index (κ2) is 6.43. The van der Waals surface area contributed by atoms with Gasteiger partial charge in [-0.05, 0) is 53.7 Å². The lowest BCUT2D eigenvalue weighted by atomic mass is 9.87. The zero-order valence-corrected chi connectivity index (χ0v) is 14.8. The van der Waals surface area contributed by atoms with E-state index < -0.39 is 10.1 Å². The van der Waals surface area contributed by atoms with Gasteiger partial charge in [-0.2, -0.15) is 0 Å². The first-order valence-electron chi connectivity index (χ1n) is 8.81. The van der Waals surface area contributed by atoms with Gasteiger partial charge in [0.25, 0.3) is 0 Å². The summed E-state index contributed by atoms with van der Waals surface area (Å²) in [5, 5.41) is 0. The smallest absolute Gasteiger partial charge is 0.0948 e. The summed E-state index contributed by atoms with van der Waals surface area (Å²) in [6.07, 6.45) is 2.91. The van der Waals surface area contributed by atoms with E-state index in [0.29, 0.717) is 5.92 Å². The summed E-state index contributed by atoms with van der Waals surface area (Å²) in [5.74, 6) is 0.351. The van der Waals surface area contributed by atoms with Gasteiger partial charge in [-0.3, -0.25) is 0 Å². The predicted molar refractivity (Wildman–Crippen MR) is 97.8 cm³/mol. The maximum absolute atomic E-state index is 11.3. The molecule has 2 bridgehead atoms. The summed E-state index contributed by atoms with van der Waals surface area (Å²) < 4.78 is 33.9. The quantitative estimate of drug-likeness (QED) is 0.778. The van der Waals surface area contributed by atoms with E-state index in [9.17, 15) is 13.0 Å². The molecular formula is C21H21O3S-. The third-order valence-corrected chi connectivity index (χ3v) is 6.49. The molecule has 4 rings (SSSR count). The van der Waals surface area contributed by atoms with E-state index in [0.717, 1.165) is 19.3 Å². The van der Waals surface area contributed by atoms with Crippen LogP contribution in [0, 0.1) is 17.8 Å². The molecule has 0 aromatic heterocycles. The lowest BCUT2D eigenvalue weighted by Gasteiger charge is -2.22. The highest BCUT2D eigenvalue weighted by atomic mass is 32.2. The molecule has 2 aromatic carbocycles. The van der Waals surface area contributed by atoms with Crippen LogP contribution in [-0.2, 0) is 10.1 Å². The molecule has 3 atom stereocenters. The Labute approximate surface area is 149 Å². The van der Waals surface area contributed by atoms with Crippen molar-refractivity contribution in [3.8, 4) is 0 Å². The monoisotopic (exact) mass is 353 g/mol. The van der Waals surface area contributed by atoms with Crippen molar-refractivity contribution >= 4 is 15.7 Å². The Kier molecular flexibility index (Phi) is 4.26. The van der Waals surface area contributed by atoms with Gasteiger partial charge < -0.3 is 4.55 Å². The Balaban J connectivity index is 1.84. The standard InChI is InChI=1S/C21H22O3S/c22-25(23,24)14-18-13-17-11-12-19(18)21(17)20(15-7-3-1-4-8-15)16-9-5-2-6-10-16/h1-10,17-19H,11-14H2,(H,22,23,24)/p-1. The summed E-state index contributed by atoms with van der Waals surface area (Å²) in [7, 11) is -4.18. The number of rotatable bonds is 4. The molecule has 0 N–H and O–H groups in total. The SMILES string of the molecule is O=S(=O)([O-])CC1CC2CCC1C2=C(c1ccccc1)c1ccccc1. The minimum atomic E-state index is -4.18. The number of hydrogen-bond donors (Lipinski definition) is 0. The molecule has 2 fully saturated rings. The van der Waals surface area contributed by atoms with Crippen molar-refractivity contribution in [2.24, 2.45) is 17.8 Å². The number of fused-ring (bicyclic) bond motifs is 2. The van der Waals surface area contributed by atoms with Crippen LogP contribution in [0.15, 0.2) is 66.2 Å². The molecule has 3 nitrogen and oxygen atoms in total. The Morgan fingerprint density at radius 1 is 0.920 bits per heavy atom. The lowest BCUT2D eigenvalue weighted by molar-refractivity contribution is 0.351. The van der Waals surface area contributed by atoms with Gasteiger partial charge in [0.2, 0.25) is 0 Å². The van der Waals surface area contributed by atoms with E-state index in [1.165, 1.54) is 22.3 Å². The normalized spacial score (nSPS) is 25.3. The first kappa shape index (κ1) is 16.6. The summed E-state index contributed by atoms with van der Waals surface area (Å²) in [6.45, 7) is 0. The zero-order chi connectivity index (χ0) is 17.4. The average Bonchev–Trinajstić information content (AvgIpc) is 3.13. The second-order valence-corrected chi connectivity index (χ2v) is 8.61. The summed E-state index contributed by atoms with van der Waals surface area (Å²) in [6, 6.07) is 20.6. The van der Waals surface area contributed by atoms with Crippen molar-refractivity contribution in [3.63, 3.8) is 0 Å². The molecule has 25 heavy (non-hydrogen) atoms. The molecule has 0 radical (unpaired) electrons. The summed E-state index contributed by atoms with van der Waals surface area (Å²) in [4.78, 5) is 0. The van der Waals surface area contributed by atoms with Crippen molar-refractivity contribution in [1.29, 1.82) is 0 Å². The highest BCUT2D eigenvalue weighted by Crippen LogP contribution is 2.56. The van der Waals surface area contributed by atoms with Gasteiger partial charge in [-0.25, -0.2) is 8.42 Å². The summed E-state index contributed by atoms with van der Waals surface area (Å²) in [5.41, 5.74) is 4.95. The van der Waals surface area contributed by atoms with Gasteiger partial charge >= 0.3 is 0 Å². The predicted octanol–water partition coefficient (Wildman–Crippen LogP) is 4.08. The Bertz CT molecular complexity index is 844. The van der Waals surface area contributed by atoms with Crippen LogP contribution in [-0.4, -0.2) is 18.7 Å². The highest BCUT2D eigenvalue weighted by molar-refractivity contribution is 7.85. The number of hydrogen-bond acceptors (Lipinski definition) is 3. The molecule has 0 amide bonds. The molecule has 2 saturated carbocycles. The molecule has 0 heterocycles. The molecule has 0 saturated heterocycles. The third-order valence-electron chi connectivity index (χ3n) is 5.65. The molecule has 0 spiro atoms. The van der Waals surface area contributed by atoms with E-state index in [1.54, 1.807) is 0 Å². The molecule has 0 aliphatic heterocycles. The molecular weight excluding hydrogens is 332 g/mol. The van der Waals surface area contributed by atoms with Crippen molar-refractivity contribution in [1.82, 2.24) is 0 Å². The Morgan fingerprint density at radius 3 is 2.00 bits per heavy atom. The molecule has 130 valence electrons. The summed E-state index contributed by atoms with van der Waals surface area (Å²) >= 11 is 0. The van der Waals surface area contributed by atoms with Crippen LogP contribution < -0.4 is 0 Å². The minimum Gasteiger partial charge on any atom is -0.748 e. The van der Waals surface area contributed by atoms with Gasteiger partial charge in [0.05, 0.1) is 10.1 Å². The fraction of sp³-hybridized carbons (Fsp3) is 0.333. The van der Waals surface area contributed by atoms with Crippen LogP contribution in [0.2, 0.25) is 0 Å². The van der Waals surface area contributed by atoms with Crippen LogP contribution >= 0.6 is 0 Å². The fourth-order valence-electron chi connectivity index (χ4n) is 4.80. The van der Waals surface area contributed by atoms with Crippen molar-refractivity contribution < 1.29 is 13.0 Å². The van der Waals surface area contributed by atoms with E-state index >= 15 is 0 Å². The lowest BCUT2D eigenvalue weighted by Crippen LogP contribution is -2.21. The molecule has 4 heteroatoms. The number of benzene rings is 2. The van der Waals surface area contributed by atoms with Gasteiger partial charge in [-0.15, -0.1) is 0 Å². The van der Waals surface area contributed by atoms with Crippen LogP contribution in [0.3, 0.4) is 0 Å². The molecule has 2 aliphatic rings. The van der Waals surface area contributed by atoms with Gasteiger partial charge in [0.15, 0.2) is 0 Å². The van der Waals surface area contributed by atoms with Crippen LogP contribution in [0.25, 0.3) is 5.57 Å². The molecule has 3 unspecified atom stereocenters. The van der Waals surface area contributed by atoms with Crippen LogP contribution in [0.5, 0.6) is 0 Å². The average molecular weight is 353 g/mol. The van der Waals surface area contributed by atoms with E-state index in [-0.39, 0.29) is 17.6 Å². The molecule has 2 aliphatic carbocycles. The number of allylic oxidation sites excluding steroid dienone is 1. The topological polar surface area (TPSA) is 57.2 Å². The third kappa shape index (κ3) is 3.29. The van der Waals surface area contributed by atoms with Crippen molar-refractivity contribution in [3.05, 3.63) is 77.4 Å².